The van der Waals surface area contributed by atoms with E-state index in [1.165, 1.54) is 19.2 Å². The summed E-state index contributed by atoms with van der Waals surface area (Å²) in [5, 5.41) is 0. The first-order chi connectivity index (χ1) is 13.3. The Morgan fingerprint density at radius 2 is 1.82 bits per heavy atom. The first-order valence-electron chi connectivity index (χ1n) is 9.08. The number of carbonyl (C=O) groups excluding carboxylic acids is 1. The van der Waals surface area contributed by atoms with Crippen molar-refractivity contribution in [1.82, 2.24) is 0 Å². The lowest BCUT2D eigenvalue weighted by Gasteiger charge is -2.20. The molecule has 28 heavy (non-hydrogen) atoms. The average molecular weight is 404 g/mol. The highest BCUT2D eigenvalue weighted by Gasteiger charge is 2.26. The number of anilines is 2. The van der Waals surface area contributed by atoms with Crippen molar-refractivity contribution in [1.29, 1.82) is 0 Å². The highest BCUT2D eigenvalue weighted by Crippen LogP contribution is 2.34. The van der Waals surface area contributed by atoms with Crippen LogP contribution in [-0.4, -0.2) is 34.1 Å². The molecule has 0 radical (unpaired) electrons. The molecular weight excluding hydrogens is 380 g/mol. The summed E-state index contributed by atoms with van der Waals surface area (Å²) >= 11 is 0. The molecule has 0 atom stereocenters. The zero-order valence-corrected chi connectivity index (χ0v) is 17.0. The quantitative estimate of drug-likeness (QED) is 0.764. The molecule has 8 heteroatoms. The minimum atomic E-state index is -3.83. The topological polar surface area (TPSA) is 84.9 Å². The van der Waals surface area contributed by atoms with Crippen LogP contribution in [0.1, 0.15) is 26.7 Å². The number of hydrogen-bond acceptors (Lipinski definition) is 5. The monoisotopic (exact) mass is 404 g/mol. The van der Waals surface area contributed by atoms with Gasteiger partial charge in [-0.1, -0.05) is 0 Å². The Morgan fingerprint density at radius 1 is 1.11 bits per heavy atom. The molecule has 2 aromatic rings. The van der Waals surface area contributed by atoms with Crippen LogP contribution in [0.5, 0.6) is 11.5 Å². The maximum atomic E-state index is 12.8. The van der Waals surface area contributed by atoms with Crippen LogP contribution in [0.3, 0.4) is 0 Å². The molecule has 7 nitrogen and oxygen atoms in total. The molecule has 2 aromatic carbocycles. The van der Waals surface area contributed by atoms with Gasteiger partial charge in [-0.3, -0.25) is 9.52 Å². The standard InChI is InChI=1S/C20H24N2O5S/c1-14(2)27-16-8-6-15(7-9-16)21-28(24,25)17-10-11-19(26-3)18(13-17)22-12-4-5-20(22)23/h6-11,13-14,21H,4-5,12H2,1-3H3. The van der Waals surface area contributed by atoms with Crippen molar-refractivity contribution < 1.29 is 22.7 Å². The SMILES string of the molecule is COc1ccc(S(=O)(=O)Nc2ccc(OC(C)C)cc2)cc1N1CCCC1=O. The predicted octanol–water partition coefficient (Wildman–Crippen LogP) is 3.41. The van der Waals surface area contributed by atoms with Crippen molar-refractivity contribution in [2.45, 2.75) is 37.7 Å². The first-order valence-corrected chi connectivity index (χ1v) is 10.6. The molecule has 0 bridgehead atoms. The zero-order chi connectivity index (χ0) is 20.3. The number of benzene rings is 2. The highest BCUT2D eigenvalue weighted by atomic mass is 32.2. The molecule has 0 aromatic heterocycles. The lowest BCUT2D eigenvalue weighted by molar-refractivity contribution is -0.117. The molecule has 1 saturated heterocycles. The molecule has 0 aliphatic carbocycles. The maximum Gasteiger partial charge on any atom is 0.261 e. The van der Waals surface area contributed by atoms with Gasteiger partial charge in [0.15, 0.2) is 0 Å². The van der Waals surface area contributed by atoms with Crippen molar-refractivity contribution in [2.24, 2.45) is 0 Å². The second-order valence-corrected chi connectivity index (χ2v) is 8.46. The number of rotatable bonds is 7. The Morgan fingerprint density at radius 3 is 2.39 bits per heavy atom. The second-order valence-electron chi connectivity index (χ2n) is 6.78. The molecular formula is C20H24N2O5S. The van der Waals surface area contributed by atoms with Gasteiger partial charge in [-0.15, -0.1) is 0 Å². The molecule has 0 saturated carbocycles. The Bertz CT molecular complexity index is 955. The van der Waals surface area contributed by atoms with E-state index in [2.05, 4.69) is 4.72 Å². The van der Waals surface area contributed by atoms with Gasteiger partial charge in [0.1, 0.15) is 11.5 Å². The van der Waals surface area contributed by atoms with E-state index in [1.54, 1.807) is 35.2 Å². The molecule has 3 rings (SSSR count). The number of ether oxygens (including phenoxy) is 2. The highest BCUT2D eigenvalue weighted by molar-refractivity contribution is 7.92. The summed E-state index contributed by atoms with van der Waals surface area (Å²) in [6.07, 6.45) is 1.22. The summed E-state index contributed by atoms with van der Waals surface area (Å²) in [7, 11) is -2.34. The number of hydrogen-bond donors (Lipinski definition) is 1. The van der Waals surface area contributed by atoms with E-state index >= 15 is 0 Å². The minimum Gasteiger partial charge on any atom is -0.495 e. The lowest BCUT2D eigenvalue weighted by atomic mass is 10.2. The normalized spacial score (nSPS) is 14.4. The maximum absolute atomic E-state index is 12.8. The molecule has 0 unspecified atom stereocenters. The minimum absolute atomic E-state index is 0.0357. The third-order valence-corrected chi connectivity index (χ3v) is 5.68. The van der Waals surface area contributed by atoms with E-state index in [1.807, 2.05) is 13.8 Å². The summed E-state index contributed by atoms with van der Waals surface area (Å²) in [4.78, 5) is 13.7. The van der Waals surface area contributed by atoms with Crippen LogP contribution in [0.25, 0.3) is 0 Å². The third-order valence-electron chi connectivity index (χ3n) is 4.30. The molecule has 1 aliphatic rings. The number of amides is 1. The van der Waals surface area contributed by atoms with E-state index in [0.29, 0.717) is 35.8 Å². The number of nitrogens with zero attached hydrogens (tertiary/aromatic N) is 1. The van der Waals surface area contributed by atoms with Crippen LogP contribution in [0.2, 0.25) is 0 Å². The van der Waals surface area contributed by atoms with Crippen LogP contribution >= 0.6 is 0 Å². The van der Waals surface area contributed by atoms with Gasteiger partial charge in [-0.2, -0.15) is 0 Å². The third kappa shape index (κ3) is 4.39. The van der Waals surface area contributed by atoms with Gasteiger partial charge in [-0.05, 0) is 62.7 Å². The fourth-order valence-electron chi connectivity index (χ4n) is 3.04. The van der Waals surface area contributed by atoms with Crippen LogP contribution in [0.15, 0.2) is 47.4 Å². The van der Waals surface area contributed by atoms with Gasteiger partial charge in [0.05, 0.1) is 23.8 Å². The summed E-state index contributed by atoms with van der Waals surface area (Å²) < 4.78 is 39.1. The van der Waals surface area contributed by atoms with Gasteiger partial charge in [0, 0.05) is 18.7 Å². The summed E-state index contributed by atoms with van der Waals surface area (Å²) in [6, 6.07) is 11.2. The van der Waals surface area contributed by atoms with E-state index in [9.17, 15) is 13.2 Å². The van der Waals surface area contributed by atoms with Crippen molar-refractivity contribution in [3.8, 4) is 11.5 Å². The molecule has 1 fully saturated rings. The Hall–Kier alpha value is -2.74. The Labute approximate surface area is 165 Å². The van der Waals surface area contributed by atoms with Crippen molar-refractivity contribution in [3.05, 3.63) is 42.5 Å². The number of carbonyl (C=O) groups is 1. The van der Waals surface area contributed by atoms with Crippen molar-refractivity contribution in [2.75, 3.05) is 23.3 Å². The van der Waals surface area contributed by atoms with Gasteiger partial charge in [0.25, 0.3) is 10.0 Å². The van der Waals surface area contributed by atoms with Crippen LogP contribution < -0.4 is 19.1 Å². The first kappa shape index (κ1) is 20.0. The van der Waals surface area contributed by atoms with Gasteiger partial charge in [0.2, 0.25) is 5.91 Å². The van der Waals surface area contributed by atoms with Gasteiger partial charge in [-0.25, -0.2) is 8.42 Å². The average Bonchev–Trinajstić information content (AvgIpc) is 3.08. The van der Waals surface area contributed by atoms with Crippen LogP contribution in [0.4, 0.5) is 11.4 Å². The molecule has 150 valence electrons. The molecule has 0 spiro atoms. The summed E-state index contributed by atoms with van der Waals surface area (Å²) in [6.45, 7) is 4.38. The molecule has 1 amide bonds. The fraction of sp³-hybridized carbons (Fsp3) is 0.350. The second kappa shape index (κ2) is 8.10. The summed E-state index contributed by atoms with van der Waals surface area (Å²) in [5.41, 5.74) is 0.888. The summed E-state index contributed by atoms with van der Waals surface area (Å²) in [5.74, 6) is 1.09. The lowest BCUT2D eigenvalue weighted by Crippen LogP contribution is -2.24. The van der Waals surface area contributed by atoms with Gasteiger partial charge < -0.3 is 14.4 Å². The largest absolute Gasteiger partial charge is 0.495 e. The predicted molar refractivity (Wildman–Crippen MR) is 108 cm³/mol. The number of sulfonamides is 1. The molecule has 1 N–H and O–H groups in total. The van der Waals surface area contributed by atoms with Crippen molar-refractivity contribution >= 4 is 27.3 Å². The number of nitrogens with one attached hydrogen (secondary N) is 1. The zero-order valence-electron chi connectivity index (χ0n) is 16.1. The smallest absolute Gasteiger partial charge is 0.261 e. The van der Waals surface area contributed by atoms with E-state index in [-0.39, 0.29) is 16.9 Å². The van der Waals surface area contributed by atoms with Crippen LogP contribution in [0, 0.1) is 0 Å². The molecule has 1 heterocycles. The van der Waals surface area contributed by atoms with E-state index in [0.717, 1.165) is 6.42 Å². The van der Waals surface area contributed by atoms with Crippen LogP contribution in [-0.2, 0) is 14.8 Å². The Balaban J connectivity index is 1.86. The molecule has 1 aliphatic heterocycles. The number of methoxy groups -OCH3 is 1. The Kier molecular flexibility index (Phi) is 5.79. The van der Waals surface area contributed by atoms with E-state index < -0.39 is 10.0 Å². The van der Waals surface area contributed by atoms with E-state index in [4.69, 9.17) is 9.47 Å². The van der Waals surface area contributed by atoms with Gasteiger partial charge >= 0.3 is 0 Å². The fourth-order valence-corrected chi connectivity index (χ4v) is 4.12. The van der Waals surface area contributed by atoms with Crippen molar-refractivity contribution in [3.63, 3.8) is 0 Å².